The fourth-order valence-electron chi connectivity index (χ4n) is 3.52. The Morgan fingerprint density at radius 3 is 2.23 bits per heavy atom. The molecule has 4 rings (SSSR count). The van der Waals surface area contributed by atoms with E-state index in [1.165, 1.54) is 0 Å². The minimum atomic E-state index is -2.14. The zero-order valence-corrected chi connectivity index (χ0v) is 24.5. The molecule has 0 saturated heterocycles. The maximum atomic E-state index is 13.2. The highest BCUT2D eigenvalue weighted by Crippen LogP contribution is 2.35. The van der Waals surface area contributed by atoms with Crippen molar-refractivity contribution in [2.24, 2.45) is 0 Å². The van der Waals surface area contributed by atoms with Gasteiger partial charge in [0.2, 0.25) is 14.2 Å². The SMILES string of the molecule is CC(C)(C)[Si](C)(C)ONC(=O)c1ccc(C=C(COc2cc3ccccc3cn2)C(=O)Nc2ccccc2)cc1. The minimum absolute atomic E-state index is 0.00655. The molecule has 1 heterocycles. The van der Waals surface area contributed by atoms with E-state index in [1.807, 2.05) is 60.7 Å². The van der Waals surface area contributed by atoms with Crippen molar-refractivity contribution in [1.82, 2.24) is 10.5 Å². The molecule has 0 radical (unpaired) electrons. The molecule has 206 valence electrons. The fraction of sp³-hybridized carbons (Fsp3) is 0.219. The number of amides is 2. The molecule has 8 heteroatoms. The van der Waals surface area contributed by atoms with Crippen molar-refractivity contribution in [3.8, 4) is 5.88 Å². The lowest BCUT2D eigenvalue weighted by Crippen LogP contribution is -2.46. The van der Waals surface area contributed by atoms with Crippen molar-refractivity contribution < 1.29 is 18.9 Å². The molecule has 0 saturated carbocycles. The Bertz CT molecular complexity index is 1510. The van der Waals surface area contributed by atoms with Crippen LogP contribution in [0, 0.1) is 0 Å². The second-order valence-electron chi connectivity index (χ2n) is 11.1. The van der Waals surface area contributed by atoms with Gasteiger partial charge in [0.1, 0.15) is 6.61 Å². The lowest BCUT2D eigenvalue weighted by Gasteiger charge is -2.35. The third-order valence-corrected chi connectivity index (χ3v) is 11.2. The number of carbonyl (C=O) groups is 2. The summed E-state index contributed by atoms with van der Waals surface area (Å²) in [4.78, 5) is 30.3. The average molecular weight is 554 g/mol. The number of carbonyl (C=O) groups excluding carboxylic acids is 2. The zero-order valence-electron chi connectivity index (χ0n) is 23.5. The lowest BCUT2D eigenvalue weighted by molar-refractivity contribution is -0.113. The predicted octanol–water partition coefficient (Wildman–Crippen LogP) is 7.00. The number of anilines is 1. The summed E-state index contributed by atoms with van der Waals surface area (Å²) in [7, 11) is -2.14. The number of nitrogens with zero attached hydrogens (tertiary/aromatic N) is 1. The summed E-state index contributed by atoms with van der Waals surface area (Å²) in [6.07, 6.45) is 3.49. The molecule has 0 unspecified atom stereocenters. The van der Waals surface area contributed by atoms with E-state index in [-0.39, 0.29) is 23.5 Å². The molecule has 40 heavy (non-hydrogen) atoms. The Morgan fingerprint density at radius 2 is 1.55 bits per heavy atom. The van der Waals surface area contributed by atoms with Crippen LogP contribution < -0.4 is 15.5 Å². The van der Waals surface area contributed by atoms with Gasteiger partial charge in [-0.3, -0.25) is 9.59 Å². The molecule has 2 N–H and O–H groups in total. The van der Waals surface area contributed by atoms with Crippen LogP contribution in [0.2, 0.25) is 18.1 Å². The van der Waals surface area contributed by atoms with Crippen molar-refractivity contribution in [2.45, 2.75) is 38.9 Å². The van der Waals surface area contributed by atoms with Gasteiger partial charge in [-0.05, 0) is 59.4 Å². The Morgan fingerprint density at radius 1 is 0.900 bits per heavy atom. The minimum Gasteiger partial charge on any atom is -0.473 e. The summed E-state index contributed by atoms with van der Waals surface area (Å²) in [6, 6.07) is 25.9. The first-order chi connectivity index (χ1) is 19.0. The molecule has 0 aliphatic heterocycles. The average Bonchev–Trinajstić information content (AvgIpc) is 2.94. The third-order valence-electron chi connectivity index (χ3n) is 7.02. The maximum absolute atomic E-state index is 13.2. The van der Waals surface area contributed by atoms with Gasteiger partial charge in [0, 0.05) is 28.9 Å². The molecule has 1 aromatic heterocycles. The van der Waals surface area contributed by atoms with E-state index >= 15 is 0 Å². The van der Waals surface area contributed by atoms with Crippen molar-refractivity contribution >= 4 is 42.7 Å². The smallest absolute Gasteiger partial charge is 0.273 e. The first-order valence-electron chi connectivity index (χ1n) is 13.1. The van der Waals surface area contributed by atoms with Gasteiger partial charge in [-0.1, -0.05) is 75.4 Å². The van der Waals surface area contributed by atoms with E-state index in [9.17, 15) is 9.59 Å². The van der Waals surface area contributed by atoms with Crippen molar-refractivity contribution in [3.63, 3.8) is 0 Å². The Balaban J connectivity index is 1.51. The zero-order chi connectivity index (χ0) is 28.8. The van der Waals surface area contributed by atoms with Gasteiger partial charge in [0.25, 0.3) is 11.8 Å². The van der Waals surface area contributed by atoms with Gasteiger partial charge in [-0.25, -0.2) is 10.5 Å². The second-order valence-corrected chi connectivity index (χ2v) is 15.8. The van der Waals surface area contributed by atoms with E-state index in [0.717, 1.165) is 16.3 Å². The molecule has 0 spiro atoms. The van der Waals surface area contributed by atoms with Gasteiger partial charge >= 0.3 is 0 Å². The number of pyridine rings is 1. The molecule has 0 fully saturated rings. The Hall–Kier alpha value is -4.27. The van der Waals surface area contributed by atoms with Crippen LogP contribution in [0.5, 0.6) is 5.88 Å². The number of hydrogen-bond acceptors (Lipinski definition) is 5. The first kappa shape index (κ1) is 28.7. The molecule has 0 bridgehead atoms. The van der Waals surface area contributed by atoms with Crippen LogP contribution in [-0.2, 0) is 9.32 Å². The molecule has 0 aliphatic carbocycles. The molecular weight excluding hydrogens is 518 g/mol. The largest absolute Gasteiger partial charge is 0.473 e. The van der Waals surface area contributed by atoms with E-state index < -0.39 is 8.32 Å². The summed E-state index contributed by atoms with van der Waals surface area (Å²) in [5.41, 5.74) is 4.90. The van der Waals surface area contributed by atoms with Crippen molar-refractivity contribution in [2.75, 3.05) is 11.9 Å². The van der Waals surface area contributed by atoms with Crippen LogP contribution in [0.15, 0.2) is 96.7 Å². The van der Waals surface area contributed by atoms with E-state index in [4.69, 9.17) is 9.26 Å². The molecule has 0 atom stereocenters. The molecule has 0 aliphatic rings. The van der Waals surface area contributed by atoms with Gasteiger partial charge < -0.3 is 14.6 Å². The molecule has 2 amide bonds. The third kappa shape index (κ3) is 7.43. The number of nitrogens with one attached hydrogen (secondary N) is 2. The fourth-order valence-corrected chi connectivity index (χ4v) is 4.17. The highest BCUT2D eigenvalue weighted by molar-refractivity contribution is 6.74. The number of benzene rings is 3. The molecule has 3 aromatic carbocycles. The van der Waals surface area contributed by atoms with Crippen LogP contribution in [0.4, 0.5) is 5.69 Å². The normalized spacial score (nSPS) is 12.2. The maximum Gasteiger partial charge on any atom is 0.273 e. The highest BCUT2D eigenvalue weighted by atomic mass is 28.4. The van der Waals surface area contributed by atoms with Gasteiger partial charge in [-0.15, -0.1) is 0 Å². The summed E-state index contributed by atoms with van der Waals surface area (Å²) in [5, 5.41) is 4.89. The number of rotatable bonds is 9. The van der Waals surface area contributed by atoms with Crippen molar-refractivity contribution in [3.05, 3.63) is 108 Å². The standard InChI is InChI=1S/C32H35N3O4Si/c1-32(2,3)40(4,5)39-35-31(37)24-17-15-23(16-18-24)19-27(30(36)34-28-13-7-6-8-14-28)22-38-29-20-25-11-9-10-12-26(25)21-33-29/h6-21H,22H2,1-5H3,(H,34,36)(H,35,37). The summed E-state index contributed by atoms with van der Waals surface area (Å²) >= 11 is 0. The van der Waals surface area contributed by atoms with Crippen molar-refractivity contribution in [1.29, 1.82) is 0 Å². The lowest BCUT2D eigenvalue weighted by atomic mass is 10.1. The molecule has 7 nitrogen and oxygen atoms in total. The Labute approximate surface area is 236 Å². The van der Waals surface area contributed by atoms with Crippen LogP contribution in [0.1, 0.15) is 36.7 Å². The summed E-state index contributed by atoms with van der Waals surface area (Å²) < 4.78 is 11.8. The number of aromatic nitrogens is 1. The van der Waals surface area contributed by atoms with E-state index in [2.05, 4.69) is 49.6 Å². The van der Waals surface area contributed by atoms with Gasteiger partial charge in [0.05, 0.1) is 5.57 Å². The van der Waals surface area contributed by atoms with Crippen LogP contribution in [0.25, 0.3) is 16.8 Å². The van der Waals surface area contributed by atoms with Crippen LogP contribution in [-0.4, -0.2) is 31.7 Å². The number of ether oxygens (including phenoxy) is 1. The van der Waals surface area contributed by atoms with Crippen LogP contribution in [0.3, 0.4) is 0 Å². The van der Waals surface area contributed by atoms with E-state index in [1.54, 1.807) is 36.5 Å². The Kier molecular flexibility index (Phi) is 8.82. The topological polar surface area (TPSA) is 89.6 Å². The van der Waals surface area contributed by atoms with Gasteiger partial charge in [0.15, 0.2) is 0 Å². The number of para-hydroxylation sites is 1. The predicted molar refractivity (Wildman–Crippen MR) is 162 cm³/mol. The highest BCUT2D eigenvalue weighted by Gasteiger charge is 2.38. The number of hydrogen-bond donors (Lipinski definition) is 2. The molecule has 4 aromatic rings. The number of hydroxylamine groups is 1. The quantitative estimate of drug-likeness (QED) is 0.132. The summed E-state index contributed by atoms with van der Waals surface area (Å²) in [6.45, 7) is 10.5. The van der Waals surface area contributed by atoms with E-state index in [0.29, 0.717) is 22.7 Å². The van der Waals surface area contributed by atoms with Gasteiger partial charge in [-0.2, -0.15) is 0 Å². The molecular formula is C32H35N3O4Si. The summed E-state index contributed by atoms with van der Waals surface area (Å²) in [5.74, 6) is -0.185. The van der Waals surface area contributed by atoms with Crippen LogP contribution >= 0.6 is 0 Å². The first-order valence-corrected chi connectivity index (χ1v) is 16.1. The monoisotopic (exact) mass is 553 g/mol. The number of fused-ring (bicyclic) bond motifs is 1. The second kappa shape index (κ2) is 12.3.